The third-order valence-electron chi connectivity index (χ3n) is 4.38. The first kappa shape index (κ1) is 16.1. The zero-order chi connectivity index (χ0) is 16.4. The number of hydrogen-bond donors (Lipinski definition) is 0. The summed E-state index contributed by atoms with van der Waals surface area (Å²) in [6, 6.07) is 6.75. The number of amides is 1. The largest absolute Gasteiger partial charge is 0.337 e. The quantitative estimate of drug-likeness (QED) is 0.866. The summed E-state index contributed by atoms with van der Waals surface area (Å²) in [5, 5.41) is 2.26. The molecule has 0 unspecified atom stereocenters. The van der Waals surface area contributed by atoms with Crippen molar-refractivity contribution < 1.29 is 9.18 Å². The van der Waals surface area contributed by atoms with Gasteiger partial charge < -0.3 is 9.80 Å². The molecule has 4 nitrogen and oxygen atoms in total. The van der Waals surface area contributed by atoms with Crippen LogP contribution in [-0.2, 0) is 0 Å². The fraction of sp³-hybridized carbons (Fsp3) is 0.412. The van der Waals surface area contributed by atoms with Crippen LogP contribution in [-0.4, -0.2) is 53.9 Å². The van der Waals surface area contributed by atoms with Crippen molar-refractivity contribution in [2.45, 2.75) is 18.9 Å². The highest BCUT2D eigenvalue weighted by Gasteiger charge is 2.26. The van der Waals surface area contributed by atoms with Crippen LogP contribution in [0.25, 0.3) is 10.6 Å². The summed E-state index contributed by atoms with van der Waals surface area (Å²) >= 11 is 1.30. The normalized spacial score (nSPS) is 16.5. The Labute approximate surface area is 139 Å². The number of likely N-dealkylation sites (tertiary alicyclic amines) is 1. The molecule has 1 fully saturated rings. The average molecular weight is 333 g/mol. The van der Waals surface area contributed by atoms with Crippen molar-refractivity contribution in [3.8, 4) is 10.6 Å². The number of benzene rings is 1. The lowest BCUT2D eigenvalue weighted by atomic mass is 10.0. The van der Waals surface area contributed by atoms with E-state index >= 15 is 0 Å². The molecule has 0 radical (unpaired) electrons. The molecular weight excluding hydrogens is 313 g/mol. The predicted molar refractivity (Wildman–Crippen MR) is 90.1 cm³/mol. The topological polar surface area (TPSA) is 36.4 Å². The van der Waals surface area contributed by atoms with Crippen LogP contribution in [0.15, 0.2) is 29.6 Å². The molecule has 0 saturated carbocycles. The number of piperidine rings is 1. The van der Waals surface area contributed by atoms with E-state index in [1.54, 1.807) is 28.5 Å². The molecule has 0 aliphatic carbocycles. The fourth-order valence-electron chi connectivity index (χ4n) is 2.86. The average Bonchev–Trinajstić information content (AvgIpc) is 3.04. The van der Waals surface area contributed by atoms with Crippen LogP contribution in [0.2, 0.25) is 0 Å². The van der Waals surface area contributed by atoms with E-state index < -0.39 is 0 Å². The minimum atomic E-state index is -0.315. The van der Waals surface area contributed by atoms with Crippen LogP contribution < -0.4 is 0 Å². The van der Waals surface area contributed by atoms with Crippen molar-refractivity contribution >= 4 is 17.2 Å². The Morgan fingerprint density at radius 2 is 2.04 bits per heavy atom. The number of halogens is 1. The molecule has 1 aromatic heterocycles. The highest BCUT2D eigenvalue weighted by molar-refractivity contribution is 7.13. The Morgan fingerprint density at radius 3 is 2.74 bits per heavy atom. The van der Waals surface area contributed by atoms with E-state index in [0.717, 1.165) is 25.9 Å². The molecule has 1 amide bonds. The summed E-state index contributed by atoms with van der Waals surface area (Å²) in [5.74, 6) is -0.400. The molecule has 0 bridgehead atoms. The summed E-state index contributed by atoms with van der Waals surface area (Å²) in [7, 11) is 3.93. The second-order valence-electron chi connectivity index (χ2n) is 5.97. The molecular formula is C17H20FN3OS. The lowest BCUT2D eigenvalue weighted by molar-refractivity contribution is 0.0654. The third kappa shape index (κ3) is 3.43. The Bertz CT molecular complexity index is 695. The highest BCUT2D eigenvalue weighted by atomic mass is 32.1. The van der Waals surface area contributed by atoms with E-state index in [1.807, 2.05) is 7.05 Å². The van der Waals surface area contributed by atoms with Crippen LogP contribution >= 0.6 is 11.3 Å². The molecule has 1 aliphatic heterocycles. The molecule has 23 heavy (non-hydrogen) atoms. The van der Waals surface area contributed by atoms with E-state index in [1.165, 1.54) is 17.4 Å². The number of nitrogens with zero attached hydrogens (tertiary/aromatic N) is 3. The number of rotatable bonds is 3. The van der Waals surface area contributed by atoms with Gasteiger partial charge in [-0.15, -0.1) is 11.3 Å². The Kier molecular flexibility index (Phi) is 4.73. The first-order valence-corrected chi connectivity index (χ1v) is 8.60. The van der Waals surface area contributed by atoms with Gasteiger partial charge in [0.05, 0.1) is 0 Å². The lowest BCUT2D eigenvalue weighted by Gasteiger charge is -2.34. The van der Waals surface area contributed by atoms with Crippen molar-refractivity contribution in [2.75, 3.05) is 27.2 Å². The highest BCUT2D eigenvalue weighted by Crippen LogP contribution is 2.27. The molecule has 1 aromatic carbocycles. The second-order valence-corrected chi connectivity index (χ2v) is 6.83. The van der Waals surface area contributed by atoms with E-state index in [4.69, 9.17) is 0 Å². The molecule has 122 valence electrons. The number of carbonyl (C=O) groups excluding carboxylic acids is 1. The van der Waals surface area contributed by atoms with Gasteiger partial charge in [-0.1, -0.05) is 12.1 Å². The molecule has 0 atom stereocenters. The van der Waals surface area contributed by atoms with Crippen LogP contribution in [0.5, 0.6) is 0 Å². The lowest BCUT2D eigenvalue weighted by Crippen LogP contribution is -2.44. The Balaban J connectivity index is 1.75. The van der Waals surface area contributed by atoms with Gasteiger partial charge in [0.1, 0.15) is 16.5 Å². The van der Waals surface area contributed by atoms with Gasteiger partial charge >= 0.3 is 0 Å². The molecule has 6 heteroatoms. The van der Waals surface area contributed by atoms with Crippen LogP contribution in [0.3, 0.4) is 0 Å². The van der Waals surface area contributed by atoms with E-state index in [9.17, 15) is 9.18 Å². The minimum absolute atomic E-state index is 0.0848. The SMILES string of the molecule is CN1CCC(N(C)C(=O)c2csc(-c3ccccc3F)n2)CC1. The minimum Gasteiger partial charge on any atom is -0.337 e. The summed E-state index contributed by atoms with van der Waals surface area (Å²) < 4.78 is 13.8. The van der Waals surface area contributed by atoms with Crippen LogP contribution in [0.1, 0.15) is 23.3 Å². The molecule has 2 aromatic rings. The number of carbonyl (C=O) groups is 1. The molecule has 1 saturated heterocycles. The molecule has 0 spiro atoms. The smallest absolute Gasteiger partial charge is 0.273 e. The van der Waals surface area contributed by atoms with Gasteiger partial charge in [0.2, 0.25) is 0 Å². The Morgan fingerprint density at radius 1 is 1.35 bits per heavy atom. The summed E-state index contributed by atoms with van der Waals surface area (Å²) in [4.78, 5) is 21.0. The monoisotopic (exact) mass is 333 g/mol. The first-order valence-electron chi connectivity index (χ1n) is 7.72. The van der Waals surface area contributed by atoms with E-state index in [-0.39, 0.29) is 17.8 Å². The van der Waals surface area contributed by atoms with Crippen molar-refractivity contribution in [2.24, 2.45) is 0 Å². The zero-order valence-corrected chi connectivity index (χ0v) is 14.1. The zero-order valence-electron chi connectivity index (χ0n) is 13.3. The summed E-state index contributed by atoms with van der Waals surface area (Å²) in [6.45, 7) is 2.00. The van der Waals surface area contributed by atoms with Crippen molar-refractivity contribution in [1.82, 2.24) is 14.8 Å². The number of aromatic nitrogens is 1. The van der Waals surface area contributed by atoms with Crippen LogP contribution in [0, 0.1) is 5.82 Å². The number of thiazole rings is 1. The van der Waals surface area contributed by atoms with Gasteiger partial charge in [0.15, 0.2) is 0 Å². The molecule has 3 rings (SSSR count). The maximum absolute atomic E-state index is 13.8. The standard InChI is InChI=1S/C17H20FN3OS/c1-20-9-7-12(8-10-20)21(2)17(22)15-11-23-16(19-15)13-5-3-4-6-14(13)18/h3-6,11-12H,7-10H2,1-2H3. The third-order valence-corrected chi connectivity index (χ3v) is 5.26. The van der Waals surface area contributed by atoms with Gasteiger partial charge in [0.25, 0.3) is 5.91 Å². The van der Waals surface area contributed by atoms with E-state index in [2.05, 4.69) is 16.9 Å². The summed E-state index contributed by atoms with van der Waals surface area (Å²) in [6.07, 6.45) is 1.95. The van der Waals surface area contributed by atoms with Crippen molar-refractivity contribution in [3.05, 3.63) is 41.2 Å². The van der Waals surface area contributed by atoms with Gasteiger partial charge in [0, 0.05) is 24.0 Å². The maximum Gasteiger partial charge on any atom is 0.273 e. The van der Waals surface area contributed by atoms with E-state index in [0.29, 0.717) is 16.3 Å². The molecule has 0 N–H and O–H groups in total. The molecule has 1 aliphatic rings. The second kappa shape index (κ2) is 6.76. The van der Waals surface area contributed by atoms with Gasteiger partial charge in [-0.3, -0.25) is 4.79 Å². The van der Waals surface area contributed by atoms with Crippen LogP contribution in [0.4, 0.5) is 4.39 Å². The first-order chi connectivity index (χ1) is 11.1. The van der Waals surface area contributed by atoms with Crippen molar-refractivity contribution in [1.29, 1.82) is 0 Å². The van der Waals surface area contributed by atoms with Crippen molar-refractivity contribution in [3.63, 3.8) is 0 Å². The predicted octanol–water partition coefficient (Wildman–Crippen LogP) is 3.12. The Hall–Kier alpha value is -1.79. The van der Waals surface area contributed by atoms with Gasteiger partial charge in [-0.2, -0.15) is 0 Å². The van der Waals surface area contributed by atoms with Gasteiger partial charge in [-0.05, 0) is 45.1 Å². The summed E-state index contributed by atoms with van der Waals surface area (Å²) in [5.41, 5.74) is 0.841. The number of hydrogen-bond acceptors (Lipinski definition) is 4. The van der Waals surface area contributed by atoms with Gasteiger partial charge in [-0.25, -0.2) is 9.37 Å². The molecule has 2 heterocycles. The fourth-order valence-corrected chi connectivity index (χ4v) is 3.68. The maximum atomic E-state index is 13.8.